The van der Waals surface area contributed by atoms with Gasteiger partial charge in [-0.25, -0.2) is 21.6 Å². The van der Waals surface area contributed by atoms with Gasteiger partial charge in [-0.1, -0.05) is 0 Å². The van der Waals surface area contributed by atoms with Crippen LogP contribution >= 0.6 is 0 Å². The van der Waals surface area contributed by atoms with Gasteiger partial charge in [0.1, 0.15) is 11.6 Å². The van der Waals surface area contributed by atoms with E-state index in [0.29, 0.717) is 12.1 Å². The zero-order valence-electron chi connectivity index (χ0n) is 9.77. The molecular formula is C12H8F3NO3S. The van der Waals surface area contributed by atoms with Gasteiger partial charge in [0.05, 0.1) is 10.6 Å². The molecule has 0 unspecified atom stereocenters. The number of rotatable bonds is 3. The first-order chi connectivity index (χ1) is 9.29. The van der Waals surface area contributed by atoms with Gasteiger partial charge in [0, 0.05) is 12.1 Å². The zero-order chi connectivity index (χ0) is 14.9. The lowest BCUT2D eigenvalue weighted by atomic mass is 10.3. The summed E-state index contributed by atoms with van der Waals surface area (Å²) in [5, 5.41) is 9.05. The number of nitrogens with one attached hydrogen (secondary N) is 1. The van der Waals surface area contributed by atoms with Crippen LogP contribution in [0, 0.1) is 17.5 Å². The van der Waals surface area contributed by atoms with Gasteiger partial charge in [-0.3, -0.25) is 4.72 Å². The number of halogens is 3. The predicted molar refractivity (Wildman–Crippen MR) is 65.2 cm³/mol. The molecule has 0 aliphatic carbocycles. The molecule has 0 aliphatic heterocycles. The molecule has 0 fully saturated rings. The van der Waals surface area contributed by atoms with E-state index < -0.39 is 33.2 Å². The van der Waals surface area contributed by atoms with Crippen molar-refractivity contribution >= 4 is 15.7 Å². The second-order valence-corrected chi connectivity index (χ2v) is 5.53. The minimum absolute atomic E-state index is 0.160. The summed E-state index contributed by atoms with van der Waals surface area (Å²) in [4.78, 5) is -0.292. The van der Waals surface area contributed by atoms with E-state index in [0.717, 1.165) is 24.3 Å². The van der Waals surface area contributed by atoms with Crippen LogP contribution in [0.4, 0.5) is 18.9 Å². The van der Waals surface area contributed by atoms with Crippen LogP contribution in [0.15, 0.2) is 41.3 Å². The fourth-order valence-corrected chi connectivity index (χ4v) is 2.51. The van der Waals surface area contributed by atoms with E-state index in [1.165, 1.54) is 0 Å². The fraction of sp³-hybridized carbons (Fsp3) is 0. The predicted octanol–water partition coefficient (Wildman–Crippen LogP) is 2.61. The molecule has 2 aromatic rings. The quantitative estimate of drug-likeness (QED) is 0.857. The SMILES string of the molecule is O=S(=O)(Nc1cc(F)cc(F)c1F)c1ccc(O)cc1. The molecule has 2 aromatic carbocycles. The normalized spacial score (nSPS) is 11.3. The first-order valence-corrected chi connectivity index (χ1v) is 6.74. The molecule has 0 saturated heterocycles. The Labute approximate surface area is 112 Å². The van der Waals surface area contributed by atoms with Crippen LogP contribution < -0.4 is 4.72 Å². The molecule has 2 N–H and O–H groups in total. The molecular weight excluding hydrogens is 295 g/mol. The first-order valence-electron chi connectivity index (χ1n) is 5.26. The third-order valence-electron chi connectivity index (χ3n) is 2.38. The number of benzene rings is 2. The van der Waals surface area contributed by atoms with Crippen LogP contribution in [0.5, 0.6) is 5.75 Å². The Balaban J connectivity index is 2.41. The van der Waals surface area contributed by atoms with Crippen molar-refractivity contribution in [1.29, 1.82) is 0 Å². The Morgan fingerprint density at radius 3 is 2.20 bits per heavy atom. The summed E-state index contributed by atoms with van der Waals surface area (Å²) >= 11 is 0. The molecule has 0 atom stereocenters. The number of aromatic hydroxyl groups is 1. The van der Waals surface area contributed by atoms with E-state index in [1.54, 1.807) is 4.72 Å². The fourth-order valence-electron chi connectivity index (χ4n) is 1.46. The molecule has 0 aromatic heterocycles. The van der Waals surface area contributed by atoms with Crippen molar-refractivity contribution in [2.75, 3.05) is 4.72 Å². The van der Waals surface area contributed by atoms with E-state index in [1.807, 2.05) is 0 Å². The van der Waals surface area contributed by atoms with Crippen LogP contribution in [-0.4, -0.2) is 13.5 Å². The summed E-state index contributed by atoms with van der Waals surface area (Å²) in [6.45, 7) is 0. The highest BCUT2D eigenvalue weighted by Crippen LogP contribution is 2.23. The molecule has 106 valence electrons. The number of sulfonamides is 1. The minimum atomic E-state index is -4.22. The minimum Gasteiger partial charge on any atom is -0.508 e. The molecule has 20 heavy (non-hydrogen) atoms. The molecule has 0 aliphatic rings. The van der Waals surface area contributed by atoms with E-state index in [-0.39, 0.29) is 10.6 Å². The van der Waals surface area contributed by atoms with Crippen molar-refractivity contribution in [2.45, 2.75) is 4.90 Å². The van der Waals surface area contributed by atoms with E-state index >= 15 is 0 Å². The van der Waals surface area contributed by atoms with Crippen molar-refractivity contribution in [1.82, 2.24) is 0 Å². The average Bonchev–Trinajstić information content (AvgIpc) is 2.35. The third kappa shape index (κ3) is 2.85. The summed E-state index contributed by atoms with van der Waals surface area (Å²) in [5.74, 6) is -4.29. The van der Waals surface area contributed by atoms with Gasteiger partial charge >= 0.3 is 0 Å². The Bertz CT molecular complexity index is 745. The zero-order valence-corrected chi connectivity index (χ0v) is 10.6. The standard InChI is InChI=1S/C12H8F3NO3S/c13-7-5-10(14)12(15)11(6-7)16-20(18,19)9-3-1-8(17)2-4-9/h1-6,16-17H. The van der Waals surface area contributed by atoms with Crippen LogP contribution in [-0.2, 0) is 10.0 Å². The lowest BCUT2D eigenvalue weighted by Gasteiger charge is -2.09. The van der Waals surface area contributed by atoms with Crippen molar-refractivity contribution in [3.05, 3.63) is 53.8 Å². The molecule has 0 spiro atoms. The highest BCUT2D eigenvalue weighted by atomic mass is 32.2. The lowest BCUT2D eigenvalue weighted by molar-refractivity contribution is 0.475. The van der Waals surface area contributed by atoms with E-state index in [9.17, 15) is 21.6 Å². The smallest absolute Gasteiger partial charge is 0.261 e. The lowest BCUT2D eigenvalue weighted by Crippen LogP contribution is -2.14. The Kier molecular flexibility index (Phi) is 3.58. The molecule has 8 heteroatoms. The molecule has 0 amide bonds. The van der Waals surface area contributed by atoms with Gasteiger partial charge < -0.3 is 5.11 Å². The Morgan fingerprint density at radius 2 is 1.60 bits per heavy atom. The summed E-state index contributed by atoms with van der Waals surface area (Å²) in [7, 11) is -4.22. The van der Waals surface area contributed by atoms with Crippen molar-refractivity contribution < 1.29 is 26.7 Å². The topological polar surface area (TPSA) is 66.4 Å². The van der Waals surface area contributed by atoms with Crippen molar-refractivity contribution in [2.24, 2.45) is 0 Å². The van der Waals surface area contributed by atoms with Crippen LogP contribution in [0.3, 0.4) is 0 Å². The number of hydrogen-bond donors (Lipinski definition) is 2. The maximum atomic E-state index is 13.4. The second-order valence-electron chi connectivity index (χ2n) is 3.85. The van der Waals surface area contributed by atoms with Crippen LogP contribution in [0.2, 0.25) is 0 Å². The number of anilines is 1. The van der Waals surface area contributed by atoms with Gasteiger partial charge in [-0.2, -0.15) is 0 Å². The second kappa shape index (κ2) is 5.04. The summed E-state index contributed by atoms with van der Waals surface area (Å²) < 4.78 is 64.8. The Hall–Kier alpha value is -2.22. The van der Waals surface area contributed by atoms with Gasteiger partial charge in [-0.15, -0.1) is 0 Å². The molecule has 0 radical (unpaired) electrons. The highest BCUT2D eigenvalue weighted by Gasteiger charge is 2.19. The maximum Gasteiger partial charge on any atom is 0.261 e. The number of phenolic OH excluding ortho intramolecular Hbond substituents is 1. The third-order valence-corrected chi connectivity index (χ3v) is 3.77. The van der Waals surface area contributed by atoms with Gasteiger partial charge in [-0.05, 0) is 24.3 Å². The van der Waals surface area contributed by atoms with Gasteiger partial charge in [0.2, 0.25) is 0 Å². The van der Waals surface area contributed by atoms with Crippen LogP contribution in [0.1, 0.15) is 0 Å². The molecule has 2 rings (SSSR count). The van der Waals surface area contributed by atoms with Crippen molar-refractivity contribution in [3.8, 4) is 5.75 Å². The number of phenols is 1. The summed E-state index contributed by atoms with van der Waals surface area (Å²) in [5.41, 5.74) is -0.837. The Morgan fingerprint density at radius 1 is 1.00 bits per heavy atom. The van der Waals surface area contributed by atoms with E-state index in [2.05, 4.69) is 0 Å². The summed E-state index contributed by atoms with van der Waals surface area (Å²) in [6, 6.07) is 5.16. The molecule has 0 bridgehead atoms. The van der Waals surface area contributed by atoms with Crippen LogP contribution in [0.25, 0.3) is 0 Å². The number of hydrogen-bond acceptors (Lipinski definition) is 3. The average molecular weight is 303 g/mol. The molecule has 0 saturated carbocycles. The molecule has 0 heterocycles. The maximum absolute atomic E-state index is 13.4. The van der Waals surface area contributed by atoms with Gasteiger partial charge in [0.15, 0.2) is 11.6 Å². The summed E-state index contributed by atoms with van der Waals surface area (Å²) in [6.07, 6.45) is 0. The largest absolute Gasteiger partial charge is 0.508 e. The van der Waals surface area contributed by atoms with Gasteiger partial charge in [0.25, 0.3) is 10.0 Å². The monoisotopic (exact) mass is 303 g/mol. The highest BCUT2D eigenvalue weighted by molar-refractivity contribution is 7.92. The van der Waals surface area contributed by atoms with Crippen molar-refractivity contribution in [3.63, 3.8) is 0 Å². The first kappa shape index (κ1) is 14.2. The molecule has 4 nitrogen and oxygen atoms in total. The van der Waals surface area contributed by atoms with E-state index in [4.69, 9.17) is 5.11 Å².